The van der Waals surface area contributed by atoms with Crippen LogP contribution in [0.15, 0.2) is 54.7 Å². The number of carbonyl (C=O) groups is 2. The molecule has 19 atom stereocenters. The molecule has 4 aliphatic heterocycles. The molecule has 16 heteroatoms. The first-order valence-corrected chi connectivity index (χ1v) is 27.5. The van der Waals surface area contributed by atoms with Crippen LogP contribution >= 0.6 is 0 Å². The molecule has 0 aliphatic carbocycles. The molecular weight excluding hydrogens is 959 g/mol. The van der Waals surface area contributed by atoms with Gasteiger partial charge in [-0.25, -0.2) is 0 Å². The van der Waals surface area contributed by atoms with Gasteiger partial charge in [0, 0.05) is 74.8 Å². The van der Waals surface area contributed by atoms with Crippen LogP contribution in [0.4, 0.5) is 5.69 Å². The Morgan fingerprint density at radius 3 is 2.31 bits per heavy atom. The number of rotatable bonds is 14. The molecular formula is C59H89N3O13. The number of anilines is 1. The Morgan fingerprint density at radius 1 is 0.907 bits per heavy atom. The van der Waals surface area contributed by atoms with Crippen molar-refractivity contribution in [1.29, 1.82) is 0 Å². The van der Waals surface area contributed by atoms with Gasteiger partial charge >= 0.3 is 5.97 Å². The van der Waals surface area contributed by atoms with Gasteiger partial charge in [-0.2, -0.15) is 0 Å². The van der Waals surface area contributed by atoms with Gasteiger partial charge in [0.2, 0.25) is 0 Å². The number of nitrogens with zero attached hydrogens (tertiary/aromatic N) is 3. The smallest absolute Gasteiger partial charge is 0.309 e. The lowest BCUT2D eigenvalue weighted by Crippen LogP contribution is -2.62. The van der Waals surface area contributed by atoms with Gasteiger partial charge in [-0.15, -0.1) is 0 Å². The van der Waals surface area contributed by atoms with E-state index >= 15 is 0 Å². The zero-order valence-electron chi connectivity index (χ0n) is 47.1. The number of ketones is 1. The number of hydrogen-bond donors (Lipinski definition) is 4. The Morgan fingerprint density at radius 2 is 1.61 bits per heavy atom. The summed E-state index contributed by atoms with van der Waals surface area (Å²) in [4.78, 5) is 38.3. The molecule has 5 heterocycles. The lowest BCUT2D eigenvalue weighted by atomic mass is 9.67. The van der Waals surface area contributed by atoms with Crippen molar-refractivity contribution in [2.24, 2.45) is 29.6 Å². The number of likely N-dealkylation sites (N-methyl/N-ethyl adjacent to an activating group) is 1. The molecule has 0 saturated carbocycles. The van der Waals surface area contributed by atoms with Crippen LogP contribution in [0.25, 0.3) is 10.9 Å². The number of ether oxygens (including phenoxy) is 7. The number of Topliss-reactive ketones (excluding diaryl/α,β-unsaturated/α-hetero) is 1. The van der Waals surface area contributed by atoms with Gasteiger partial charge in [-0.05, 0) is 128 Å². The quantitative estimate of drug-likeness (QED) is 0.0931. The van der Waals surface area contributed by atoms with Crippen LogP contribution in [0.5, 0.6) is 5.75 Å². The highest BCUT2D eigenvalue weighted by molar-refractivity contribution is 5.84. The Balaban J connectivity index is 1.11. The first-order valence-electron chi connectivity index (χ1n) is 27.5. The van der Waals surface area contributed by atoms with Crippen molar-refractivity contribution in [3.63, 3.8) is 0 Å². The maximum Gasteiger partial charge on any atom is 0.309 e. The fraction of sp³-hybridized carbons (Fsp3) is 0.712. The van der Waals surface area contributed by atoms with Gasteiger partial charge in [0.05, 0.1) is 65.8 Å². The molecule has 2 aromatic carbocycles. The topological polar surface area (TPSA) is 199 Å². The predicted octanol–water partition coefficient (Wildman–Crippen LogP) is 7.22. The third kappa shape index (κ3) is 12.3. The van der Waals surface area contributed by atoms with E-state index in [1.165, 1.54) is 25.3 Å². The third-order valence-electron chi connectivity index (χ3n) is 18.0. The third-order valence-corrected chi connectivity index (χ3v) is 18.0. The second kappa shape index (κ2) is 24.1. The second-order valence-corrected chi connectivity index (χ2v) is 23.3. The molecule has 4 aliphatic rings. The summed E-state index contributed by atoms with van der Waals surface area (Å²) in [5.41, 5.74) is 0.399. The fourth-order valence-corrected chi connectivity index (χ4v) is 13.1. The number of hydrogen-bond acceptors (Lipinski definition) is 16. The average Bonchev–Trinajstić information content (AvgIpc) is 3.83. The fourth-order valence-electron chi connectivity index (χ4n) is 13.1. The Hall–Kier alpha value is -3.81. The highest BCUT2D eigenvalue weighted by atomic mass is 16.7. The minimum atomic E-state index is -1.97. The first-order chi connectivity index (χ1) is 35.4. The van der Waals surface area contributed by atoms with Gasteiger partial charge < -0.3 is 63.4 Å². The number of aliphatic hydroxyl groups is 4. The van der Waals surface area contributed by atoms with Crippen LogP contribution in [0, 0.1) is 29.6 Å². The zero-order valence-corrected chi connectivity index (χ0v) is 47.1. The van der Waals surface area contributed by atoms with E-state index in [1.807, 2.05) is 59.1 Å². The summed E-state index contributed by atoms with van der Waals surface area (Å²) >= 11 is 0. The number of aliphatic hydroxyl groups excluding tert-OH is 3. The van der Waals surface area contributed by atoms with Crippen LogP contribution in [-0.4, -0.2) is 161 Å². The van der Waals surface area contributed by atoms with E-state index in [4.69, 9.17) is 38.1 Å². The summed E-state index contributed by atoms with van der Waals surface area (Å²) in [6.45, 7) is 21.8. The maximum atomic E-state index is 14.6. The molecule has 0 spiro atoms. The molecule has 0 bridgehead atoms. The highest BCUT2D eigenvalue weighted by Crippen LogP contribution is 2.46. The van der Waals surface area contributed by atoms with Crippen LogP contribution in [-0.2, 0) is 44.4 Å². The summed E-state index contributed by atoms with van der Waals surface area (Å²) in [6, 6.07) is 16.6. The van der Waals surface area contributed by atoms with E-state index in [0.29, 0.717) is 26.0 Å². The van der Waals surface area contributed by atoms with E-state index < -0.39 is 101 Å². The highest BCUT2D eigenvalue weighted by Gasteiger charge is 2.56. The van der Waals surface area contributed by atoms with Crippen molar-refractivity contribution in [3.8, 4) is 5.75 Å². The van der Waals surface area contributed by atoms with Crippen LogP contribution in [0.1, 0.15) is 125 Å². The number of cyclic esters (lactones) is 1. The monoisotopic (exact) mass is 1050 g/mol. The SMILES string of the molecule is CC[C@H]1OC(=O)[C@H](C)[C@@H](C2C[C@@](C)(OC)[C@@H](O)[C@H](C)O2)[C@H](C)[C@@H](O[C@@H]2O[C@H](C)C[C@H](N(C)CCCOc3ccc4ncc([C@H](C)N5CCc6ccccc65)cc4c3)C2O)[C@](C)(OC)C[C@@H](C)C(=O)[C@H](C)[C@@H](O)[C@]1(C)O. The molecule has 0 amide bonds. The number of methoxy groups -OCH3 is 2. The molecule has 0 radical (unpaired) electrons. The molecule has 3 fully saturated rings. The predicted molar refractivity (Wildman–Crippen MR) is 286 cm³/mol. The van der Waals surface area contributed by atoms with Crippen molar-refractivity contribution in [2.75, 3.05) is 45.9 Å². The van der Waals surface area contributed by atoms with Gasteiger partial charge in [-0.3, -0.25) is 14.6 Å². The number of carbonyl (C=O) groups excluding carboxylic acids is 2. The van der Waals surface area contributed by atoms with Crippen molar-refractivity contribution in [1.82, 2.24) is 9.88 Å². The molecule has 75 heavy (non-hydrogen) atoms. The Labute approximate surface area is 445 Å². The Kier molecular flexibility index (Phi) is 18.9. The number of aromatic nitrogens is 1. The number of pyridine rings is 1. The molecule has 16 nitrogen and oxygen atoms in total. The molecule has 2 unspecified atom stereocenters. The Bertz CT molecular complexity index is 2410. The van der Waals surface area contributed by atoms with Crippen LogP contribution in [0.2, 0.25) is 0 Å². The average molecular weight is 1050 g/mol. The number of esters is 1. The normalized spacial score (nSPS) is 38.8. The summed E-state index contributed by atoms with van der Waals surface area (Å²) in [7, 11) is 5.06. The number of benzene rings is 2. The van der Waals surface area contributed by atoms with Gasteiger partial charge in [0.15, 0.2) is 6.29 Å². The molecule has 7 rings (SSSR count). The van der Waals surface area contributed by atoms with E-state index in [-0.39, 0.29) is 43.2 Å². The van der Waals surface area contributed by atoms with Crippen molar-refractivity contribution in [2.45, 2.75) is 199 Å². The van der Waals surface area contributed by atoms with E-state index in [9.17, 15) is 30.0 Å². The van der Waals surface area contributed by atoms with Gasteiger partial charge in [-0.1, -0.05) is 52.8 Å². The standard InChI is InChI=1S/C59H89N3O13/c1-15-48-59(11,68)52(65)37(6)50(63)33(2)30-58(10,70-14)54(35(4)49(36(5)55(67)74-48)47-31-57(9,69-13)53(66)39(8)73-47)75-56-51(64)46(27-34(3)72-56)61(12)24-18-26-71-43-21-22-44-41(29-43)28-42(32-60-44)38(7)62-25-23-40-19-16-17-20-45(40)62/h16-17,19-22,28-29,32-39,46-49,51-54,56,64-66,68H,15,18,23-27,30-31H2,1-14H3/t33-,34-,35+,36-,37+,38+,39+,46+,47?,48-,49+,51?,52-,53+,54-,56+,57-,58-,59-/m1/s1. The minimum Gasteiger partial charge on any atom is -0.494 e. The lowest BCUT2D eigenvalue weighted by Gasteiger charge is -2.52. The summed E-state index contributed by atoms with van der Waals surface area (Å²) in [5, 5.41) is 48.3. The second-order valence-electron chi connectivity index (χ2n) is 23.3. The molecule has 1 aromatic heterocycles. The van der Waals surface area contributed by atoms with Crippen LogP contribution < -0.4 is 9.64 Å². The largest absolute Gasteiger partial charge is 0.494 e. The summed E-state index contributed by atoms with van der Waals surface area (Å²) < 4.78 is 45.2. The van der Waals surface area contributed by atoms with Crippen molar-refractivity contribution in [3.05, 3.63) is 65.9 Å². The number of para-hydroxylation sites is 1. The van der Waals surface area contributed by atoms with Crippen molar-refractivity contribution < 1.29 is 63.2 Å². The zero-order chi connectivity index (χ0) is 54.9. The summed E-state index contributed by atoms with van der Waals surface area (Å²) in [5.74, 6) is -4.22. The molecule has 4 N–H and O–H groups in total. The van der Waals surface area contributed by atoms with Gasteiger partial charge in [0.1, 0.15) is 35.4 Å². The summed E-state index contributed by atoms with van der Waals surface area (Å²) in [6.07, 6.45) is -4.03. The lowest BCUT2D eigenvalue weighted by molar-refractivity contribution is -0.305. The first kappa shape index (κ1) is 58.9. The van der Waals surface area contributed by atoms with E-state index in [0.717, 1.165) is 35.2 Å². The van der Waals surface area contributed by atoms with E-state index in [2.05, 4.69) is 47.1 Å². The molecule has 418 valence electrons. The van der Waals surface area contributed by atoms with Crippen LogP contribution in [0.3, 0.4) is 0 Å². The molecule has 3 saturated heterocycles. The van der Waals surface area contributed by atoms with Gasteiger partial charge in [0.25, 0.3) is 0 Å². The van der Waals surface area contributed by atoms with Crippen molar-refractivity contribution >= 4 is 28.3 Å². The van der Waals surface area contributed by atoms with E-state index in [1.54, 1.807) is 41.7 Å². The molecule has 3 aromatic rings. The number of fused-ring (bicyclic) bond motifs is 2. The minimum absolute atomic E-state index is 0.110. The maximum absolute atomic E-state index is 14.6.